The number of benzene rings is 1. The lowest BCUT2D eigenvalue weighted by atomic mass is 9.91. The van der Waals surface area contributed by atoms with Gasteiger partial charge in [-0.25, -0.2) is 0 Å². The summed E-state index contributed by atoms with van der Waals surface area (Å²) in [6.45, 7) is 9.94. The molecule has 0 bridgehead atoms. The summed E-state index contributed by atoms with van der Waals surface area (Å²) in [5.41, 5.74) is 0.847. The Bertz CT molecular complexity index is 1040. The van der Waals surface area contributed by atoms with Crippen molar-refractivity contribution in [1.29, 1.82) is 0 Å². The van der Waals surface area contributed by atoms with E-state index in [1.165, 1.54) is 0 Å². The minimum atomic E-state index is -0.173. The zero-order valence-corrected chi connectivity index (χ0v) is 23.2. The van der Waals surface area contributed by atoms with Gasteiger partial charge in [-0.3, -0.25) is 9.59 Å². The smallest absolute Gasteiger partial charge is 0.242 e. The van der Waals surface area contributed by atoms with Crippen molar-refractivity contribution in [1.82, 2.24) is 9.80 Å². The Morgan fingerprint density at radius 2 is 1.78 bits per heavy atom. The molecule has 3 rings (SSSR count). The number of aryl methyl sites for hydroxylation is 1. The van der Waals surface area contributed by atoms with Gasteiger partial charge in [-0.1, -0.05) is 26.8 Å². The Kier molecular flexibility index (Phi) is 10.0. The average Bonchev–Trinajstić information content (AvgIpc) is 3.51. The zero-order valence-electron chi connectivity index (χ0n) is 23.2. The number of rotatable bonds is 12. The van der Waals surface area contributed by atoms with Crippen LogP contribution < -0.4 is 9.47 Å². The predicted octanol–water partition coefficient (Wildman–Crippen LogP) is 4.62. The number of methoxy groups -OCH3 is 2. The summed E-state index contributed by atoms with van der Waals surface area (Å²) in [6.07, 6.45) is 2.85. The molecule has 1 aromatic heterocycles. The normalized spacial score (nSPS) is 15.5. The van der Waals surface area contributed by atoms with Gasteiger partial charge in [0.2, 0.25) is 11.8 Å². The summed E-state index contributed by atoms with van der Waals surface area (Å²) in [4.78, 5) is 30.3. The van der Waals surface area contributed by atoms with Gasteiger partial charge in [-0.2, -0.15) is 0 Å². The van der Waals surface area contributed by atoms with E-state index in [9.17, 15) is 9.59 Å². The van der Waals surface area contributed by atoms with Crippen molar-refractivity contribution >= 4 is 11.8 Å². The van der Waals surface area contributed by atoms with Crippen molar-refractivity contribution in [2.45, 2.75) is 66.0 Å². The molecule has 2 amide bonds. The van der Waals surface area contributed by atoms with Crippen LogP contribution >= 0.6 is 0 Å². The molecule has 8 nitrogen and oxygen atoms in total. The Morgan fingerprint density at radius 3 is 2.38 bits per heavy atom. The highest BCUT2D eigenvalue weighted by Gasteiger charge is 2.29. The summed E-state index contributed by atoms with van der Waals surface area (Å²) in [7, 11) is 3.21. The van der Waals surface area contributed by atoms with E-state index in [0.717, 1.165) is 24.2 Å². The van der Waals surface area contributed by atoms with Crippen LogP contribution in [0.2, 0.25) is 0 Å². The van der Waals surface area contributed by atoms with E-state index < -0.39 is 0 Å². The van der Waals surface area contributed by atoms with Crippen molar-refractivity contribution in [2.75, 3.05) is 40.5 Å². The molecule has 1 aliphatic heterocycles. The molecule has 2 aromatic rings. The molecule has 0 N–H and O–H groups in total. The van der Waals surface area contributed by atoms with Gasteiger partial charge in [0.1, 0.15) is 11.5 Å². The standard InChI is InChI=1S/C29H42N2O6/c1-21-9-11-24(37-21)19-30(14-13-22-10-12-25(34-5)26(16-22)35-6)28(33)20-31(18-23-8-7-15-36-23)27(32)17-29(2,3)4/h9-12,16,23H,7-8,13-15,17-20H2,1-6H3. The quantitative estimate of drug-likeness (QED) is 0.411. The molecular formula is C29H42N2O6. The molecule has 1 unspecified atom stereocenters. The van der Waals surface area contributed by atoms with Crippen molar-refractivity contribution in [3.05, 3.63) is 47.4 Å². The first-order chi connectivity index (χ1) is 17.6. The van der Waals surface area contributed by atoms with Crippen LogP contribution in [-0.4, -0.2) is 68.2 Å². The van der Waals surface area contributed by atoms with Crippen molar-refractivity contribution in [3.63, 3.8) is 0 Å². The molecule has 0 aliphatic carbocycles. The Balaban J connectivity index is 1.76. The van der Waals surface area contributed by atoms with Crippen LogP contribution in [0.5, 0.6) is 11.5 Å². The van der Waals surface area contributed by atoms with Gasteiger partial charge in [-0.05, 0) is 61.4 Å². The number of amides is 2. The van der Waals surface area contributed by atoms with Gasteiger partial charge < -0.3 is 28.4 Å². The lowest BCUT2D eigenvalue weighted by Crippen LogP contribution is -2.46. The van der Waals surface area contributed by atoms with E-state index >= 15 is 0 Å². The Labute approximate surface area is 220 Å². The number of hydrogen-bond donors (Lipinski definition) is 0. The number of nitrogens with zero attached hydrogens (tertiary/aromatic N) is 2. The molecule has 204 valence electrons. The fourth-order valence-electron chi connectivity index (χ4n) is 4.47. The zero-order chi connectivity index (χ0) is 27.0. The first-order valence-corrected chi connectivity index (χ1v) is 13.0. The fourth-order valence-corrected chi connectivity index (χ4v) is 4.47. The average molecular weight is 515 g/mol. The third-order valence-corrected chi connectivity index (χ3v) is 6.42. The molecule has 1 atom stereocenters. The molecule has 37 heavy (non-hydrogen) atoms. The van der Waals surface area contributed by atoms with E-state index in [-0.39, 0.29) is 29.9 Å². The molecule has 2 heterocycles. The van der Waals surface area contributed by atoms with E-state index in [2.05, 4.69) is 0 Å². The van der Waals surface area contributed by atoms with Crippen LogP contribution in [0.4, 0.5) is 0 Å². The molecule has 0 radical (unpaired) electrons. The van der Waals surface area contributed by atoms with Gasteiger partial charge in [0.15, 0.2) is 11.5 Å². The second-order valence-electron chi connectivity index (χ2n) is 10.9. The number of carbonyl (C=O) groups excluding carboxylic acids is 2. The van der Waals surface area contributed by atoms with E-state index in [0.29, 0.717) is 56.3 Å². The molecule has 8 heteroatoms. The number of ether oxygens (including phenoxy) is 3. The first-order valence-electron chi connectivity index (χ1n) is 13.0. The maximum atomic E-state index is 13.7. The molecule has 1 aliphatic rings. The predicted molar refractivity (Wildman–Crippen MR) is 142 cm³/mol. The summed E-state index contributed by atoms with van der Waals surface area (Å²) >= 11 is 0. The van der Waals surface area contributed by atoms with E-state index in [1.54, 1.807) is 24.0 Å². The summed E-state index contributed by atoms with van der Waals surface area (Å²) < 4.78 is 22.3. The van der Waals surface area contributed by atoms with Gasteiger partial charge >= 0.3 is 0 Å². The Morgan fingerprint density at radius 1 is 1.03 bits per heavy atom. The van der Waals surface area contributed by atoms with Crippen LogP contribution in [0, 0.1) is 12.3 Å². The van der Waals surface area contributed by atoms with Crippen LogP contribution in [0.1, 0.15) is 57.1 Å². The van der Waals surface area contributed by atoms with E-state index in [1.807, 2.05) is 58.0 Å². The number of carbonyl (C=O) groups is 2. The molecule has 1 aromatic carbocycles. The van der Waals surface area contributed by atoms with Gasteiger partial charge in [0.25, 0.3) is 0 Å². The SMILES string of the molecule is COc1ccc(CCN(Cc2ccc(C)o2)C(=O)CN(CC2CCCO2)C(=O)CC(C)(C)C)cc1OC. The van der Waals surface area contributed by atoms with E-state index in [4.69, 9.17) is 18.6 Å². The maximum absolute atomic E-state index is 13.7. The summed E-state index contributed by atoms with van der Waals surface area (Å²) in [5.74, 6) is 2.68. The molecule has 0 spiro atoms. The topological polar surface area (TPSA) is 81.5 Å². The number of furan rings is 1. The van der Waals surface area contributed by atoms with Gasteiger partial charge in [-0.15, -0.1) is 0 Å². The minimum absolute atomic E-state index is 0.0143. The van der Waals surface area contributed by atoms with Gasteiger partial charge in [0.05, 0.1) is 33.4 Å². The van der Waals surface area contributed by atoms with Crippen molar-refractivity contribution < 1.29 is 28.2 Å². The van der Waals surface area contributed by atoms with Crippen LogP contribution in [0.3, 0.4) is 0 Å². The molecule has 0 saturated carbocycles. The fraction of sp³-hybridized carbons (Fsp3) is 0.586. The largest absolute Gasteiger partial charge is 0.493 e. The third-order valence-electron chi connectivity index (χ3n) is 6.42. The highest BCUT2D eigenvalue weighted by atomic mass is 16.5. The molecular weight excluding hydrogens is 472 g/mol. The Hall–Kier alpha value is -3.00. The monoisotopic (exact) mass is 514 g/mol. The number of hydrogen-bond acceptors (Lipinski definition) is 6. The van der Waals surface area contributed by atoms with Gasteiger partial charge in [0, 0.05) is 26.1 Å². The highest BCUT2D eigenvalue weighted by Crippen LogP contribution is 2.28. The highest BCUT2D eigenvalue weighted by molar-refractivity contribution is 5.85. The lowest BCUT2D eigenvalue weighted by molar-refractivity contribution is -0.143. The third kappa shape index (κ3) is 8.81. The first kappa shape index (κ1) is 28.6. The maximum Gasteiger partial charge on any atom is 0.242 e. The summed E-state index contributed by atoms with van der Waals surface area (Å²) in [5, 5.41) is 0. The second-order valence-corrected chi connectivity index (χ2v) is 10.9. The van der Waals surface area contributed by atoms with Crippen molar-refractivity contribution in [2.24, 2.45) is 5.41 Å². The molecule has 1 saturated heterocycles. The summed E-state index contributed by atoms with van der Waals surface area (Å²) in [6, 6.07) is 9.54. The lowest BCUT2D eigenvalue weighted by Gasteiger charge is -2.30. The van der Waals surface area contributed by atoms with Crippen molar-refractivity contribution in [3.8, 4) is 11.5 Å². The second kappa shape index (κ2) is 13.0. The molecule has 1 fully saturated rings. The minimum Gasteiger partial charge on any atom is -0.493 e. The van der Waals surface area contributed by atoms with Crippen LogP contribution in [0.25, 0.3) is 0 Å². The van der Waals surface area contributed by atoms with Crippen LogP contribution in [-0.2, 0) is 27.3 Å². The van der Waals surface area contributed by atoms with Crippen LogP contribution in [0.15, 0.2) is 34.7 Å².